The first-order valence-electron chi connectivity index (χ1n) is 4.56. The summed E-state index contributed by atoms with van der Waals surface area (Å²) in [6.45, 7) is 0. The average molecular weight is 223 g/mol. The smallest absolute Gasteiger partial charge is 0.338 e. The van der Waals surface area contributed by atoms with Gasteiger partial charge in [-0.2, -0.15) is 12.6 Å². The molecule has 15 heavy (non-hydrogen) atoms. The van der Waals surface area contributed by atoms with E-state index < -0.39 is 5.97 Å². The number of hydrogen-bond donors (Lipinski definition) is 3. The number of anilines is 1. The lowest BCUT2D eigenvalue weighted by Crippen LogP contribution is -2.04. The van der Waals surface area contributed by atoms with Gasteiger partial charge in [0.25, 0.3) is 0 Å². The average Bonchev–Trinajstić information content (AvgIpc) is 2.17. The predicted molar refractivity (Wildman–Crippen MR) is 65.3 cm³/mol. The number of allylic oxidation sites excluding steroid dienone is 1. The number of benzene rings is 1. The Kier molecular flexibility index (Phi) is 4.24. The molecule has 0 amide bonds. The fourth-order valence-electron chi connectivity index (χ4n) is 1.26. The van der Waals surface area contributed by atoms with Gasteiger partial charge in [0.05, 0.1) is 5.56 Å². The lowest BCUT2D eigenvalue weighted by molar-refractivity contribution is 0.0698. The van der Waals surface area contributed by atoms with Crippen molar-refractivity contribution in [2.24, 2.45) is 0 Å². The first-order valence-corrected chi connectivity index (χ1v) is 5.19. The first kappa shape index (κ1) is 11.7. The van der Waals surface area contributed by atoms with Gasteiger partial charge in [-0.15, -0.1) is 0 Å². The van der Waals surface area contributed by atoms with Crippen molar-refractivity contribution in [2.75, 3.05) is 11.5 Å². The number of nitrogens with two attached hydrogens (primary N) is 1. The molecule has 1 rings (SSSR count). The molecule has 0 aromatic heterocycles. The molecular weight excluding hydrogens is 210 g/mol. The van der Waals surface area contributed by atoms with Gasteiger partial charge in [0.1, 0.15) is 0 Å². The zero-order valence-corrected chi connectivity index (χ0v) is 9.08. The standard InChI is InChI=1S/C11H13NO2S/c12-9-6-3-5-8(4-1-2-7-15)10(9)11(13)14/h1,3-6,15H,2,7,12H2,(H,13,14). The van der Waals surface area contributed by atoms with Crippen LogP contribution in [0.1, 0.15) is 22.3 Å². The fourth-order valence-corrected chi connectivity index (χ4v) is 1.41. The summed E-state index contributed by atoms with van der Waals surface area (Å²) in [6.07, 6.45) is 4.45. The van der Waals surface area contributed by atoms with Gasteiger partial charge in [0.15, 0.2) is 0 Å². The predicted octanol–water partition coefficient (Wildman–Crippen LogP) is 2.30. The number of carboxylic acids is 1. The van der Waals surface area contributed by atoms with Gasteiger partial charge in [0, 0.05) is 5.69 Å². The SMILES string of the molecule is Nc1cccc(C=CCCS)c1C(=O)O. The Balaban J connectivity index is 3.06. The summed E-state index contributed by atoms with van der Waals surface area (Å²) in [5.41, 5.74) is 6.67. The maximum Gasteiger partial charge on any atom is 0.338 e. The summed E-state index contributed by atoms with van der Waals surface area (Å²) in [5, 5.41) is 8.97. The van der Waals surface area contributed by atoms with Gasteiger partial charge in [-0.1, -0.05) is 24.3 Å². The number of rotatable bonds is 4. The number of hydrogen-bond acceptors (Lipinski definition) is 3. The molecule has 0 aliphatic carbocycles. The molecule has 0 radical (unpaired) electrons. The van der Waals surface area contributed by atoms with Crippen LogP contribution in [0.15, 0.2) is 24.3 Å². The van der Waals surface area contributed by atoms with Crippen LogP contribution in [0.2, 0.25) is 0 Å². The number of carboxylic acid groups (broad SMARTS) is 1. The summed E-state index contributed by atoms with van der Waals surface area (Å²) < 4.78 is 0. The highest BCUT2D eigenvalue weighted by Crippen LogP contribution is 2.18. The number of carbonyl (C=O) groups is 1. The van der Waals surface area contributed by atoms with E-state index >= 15 is 0 Å². The number of aromatic carboxylic acids is 1. The van der Waals surface area contributed by atoms with E-state index in [-0.39, 0.29) is 11.3 Å². The van der Waals surface area contributed by atoms with E-state index in [1.54, 1.807) is 24.3 Å². The minimum atomic E-state index is -1.00. The molecule has 0 bridgehead atoms. The highest BCUT2D eigenvalue weighted by atomic mass is 32.1. The van der Waals surface area contributed by atoms with Crippen molar-refractivity contribution in [1.29, 1.82) is 0 Å². The Labute approximate surface area is 94.0 Å². The zero-order chi connectivity index (χ0) is 11.3. The van der Waals surface area contributed by atoms with Gasteiger partial charge < -0.3 is 10.8 Å². The molecule has 80 valence electrons. The Morgan fingerprint density at radius 3 is 2.87 bits per heavy atom. The normalized spacial score (nSPS) is 10.7. The van der Waals surface area contributed by atoms with Crippen LogP contribution in [0.5, 0.6) is 0 Å². The highest BCUT2D eigenvalue weighted by Gasteiger charge is 2.10. The van der Waals surface area contributed by atoms with E-state index in [1.807, 2.05) is 6.08 Å². The van der Waals surface area contributed by atoms with E-state index in [9.17, 15) is 4.79 Å². The van der Waals surface area contributed by atoms with Gasteiger partial charge in [-0.05, 0) is 23.8 Å². The molecule has 0 heterocycles. The highest BCUT2D eigenvalue weighted by molar-refractivity contribution is 7.80. The monoisotopic (exact) mass is 223 g/mol. The maximum atomic E-state index is 10.9. The third-order valence-corrected chi connectivity index (χ3v) is 2.19. The molecule has 0 aliphatic heterocycles. The van der Waals surface area contributed by atoms with Crippen molar-refractivity contribution < 1.29 is 9.90 Å². The molecule has 1 aromatic carbocycles. The van der Waals surface area contributed by atoms with Crippen LogP contribution < -0.4 is 5.73 Å². The van der Waals surface area contributed by atoms with E-state index in [0.29, 0.717) is 5.56 Å². The van der Waals surface area contributed by atoms with Gasteiger partial charge >= 0.3 is 5.97 Å². The Bertz CT molecular complexity index is 388. The van der Waals surface area contributed by atoms with Crippen molar-refractivity contribution in [3.05, 3.63) is 35.4 Å². The van der Waals surface area contributed by atoms with Crippen molar-refractivity contribution in [2.45, 2.75) is 6.42 Å². The van der Waals surface area contributed by atoms with Crippen molar-refractivity contribution in [3.63, 3.8) is 0 Å². The largest absolute Gasteiger partial charge is 0.478 e. The molecule has 4 heteroatoms. The van der Waals surface area contributed by atoms with Crippen molar-refractivity contribution in [1.82, 2.24) is 0 Å². The second-order valence-electron chi connectivity index (χ2n) is 3.03. The lowest BCUT2D eigenvalue weighted by Gasteiger charge is -2.04. The minimum Gasteiger partial charge on any atom is -0.478 e. The van der Waals surface area contributed by atoms with Crippen LogP contribution in [-0.2, 0) is 0 Å². The topological polar surface area (TPSA) is 63.3 Å². The molecule has 3 nitrogen and oxygen atoms in total. The molecule has 0 unspecified atom stereocenters. The van der Waals surface area contributed by atoms with Gasteiger partial charge in [-0.25, -0.2) is 4.79 Å². The van der Waals surface area contributed by atoms with E-state index in [1.165, 1.54) is 0 Å². The molecule has 0 spiro atoms. The summed E-state index contributed by atoms with van der Waals surface area (Å²) in [7, 11) is 0. The van der Waals surface area contributed by atoms with Gasteiger partial charge in [-0.3, -0.25) is 0 Å². The van der Waals surface area contributed by atoms with Crippen molar-refractivity contribution in [3.8, 4) is 0 Å². The minimum absolute atomic E-state index is 0.160. The number of thiol groups is 1. The second-order valence-corrected chi connectivity index (χ2v) is 3.48. The Morgan fingerprint density at radius 2 is 2.27 bits per heavy atom. The molecule has 0 fully saturated rings. The quantitative estimate of drug-likeness (QED) is 0.542. The second kappa shape index (κ2) is 5.46. The molecule has 0 atom stereocenters. The Hall–Kier alpha value is -1.42. The van der Waals surface area contributed by atoms with Crippen LogP contribution in [-0.4, -0.2) is 16.8 Å². The van der Waals surface area contributed by atoms with E-state index in [2.05, 4.69) is 12.6 Å². The third kappa shape index (κ3) is 3.02. The molecule has 0 aliphatic rings. The third-order valence-electron chi connectivity index (χ3n) is 1.94. The zero-order valence-electron chi connectivity index (χ0n) is 8.18. The fraction of sp³-hybridized carbons (Fsp3) is 0.182. The van der Waals surface area contributed by atoms with Crippen LogP contribution in [0.4, 0.5) is 5.69 Å². The molecule has 3 N–H and O–H groups in total. The van der Waals surface area contributed by atoms with Gasteiger partial charge in [0.2, 0.25) is 0 Å². The first-order chi connectivity index (χ1) is 7.16. The van der Waals surface area contributed by atoms with Crippen molar-refractivity contribution >= 4 is 30.4 Å². The molecule has 0 saturated heterocycles. The molecule has 0 saturated carbocycles. The Morgan fingerprint density at radius 1 is 1.53 bits per heavy atom. The molecular formula is C11H13NO2S. The molecule has 1 aromatic rings. The van der Waals surface area contributed by atoms with Crippen LogP contribution in [0, 0.1) is 0 Å². The lowest BCUT2D eigenvalue weighted by atomic mass is 10.0. The van der Waals surface area contributed by atoms with Crippen LogP contribution >= 0.6 is 12.6 Å². The summed E-state index contributed by atoms with van der Waals surface area (Å²) >= 11 is 4.06. The van der Waals surface area contributed by atoms with Crippen LogP contribution in [0.25, 0.3) is 6.08 Å². The summed E-state index contributed by atoms with van der Waals surface area (Å²) in [6, 6.07) is 5.05. The number of nitrogen functional groups attached to an aromatic ring is 1. The van der Waals surface area contributed by atoms with Crippen LogP contribution in [0.3, 0.4) is 0 Å². The summed E-state index contributed by atoms with van der Waals surface area (Å²) in [4.78, 5) is 10.9. The van der Waals surface area contributed by atoms with E-state index in [0.717, 1.165) is 12.2 Å². The van der Waals surface area contributed by atoms with E-state index in [4.69, 9.17) is 10.8 Å². The summed E-state index contributed by atoms with van der Waals surface area (Å²) in [5.74, 6) is -0.264. The maximum absolute atomic E-state index is 10.9.